The molecule has 166 valence electrons. The molecule has 0 radical (unpaired) electrons. The Morgan fingerprint density at radius 1 is 1.25 bits per heavy atom. The molecule has 0 spiro atoms. The third-order valence-electron chi connectivity index (χ3n) is 5.40. The van der Waals surface area contributed by atoms with E-state index in [1.807, 2.05) is 28.9 Å². The van der Waals surface area contributed by atoms with E-state index in [0.29, 0.717) is 46.8 Å². The van der Waals surface area contributed by atoms with Gasteiger partial charge in [0.05, 0.1) is 35.1 Å². The van der Waals surface area contributed by atoms with Gasteiger partial charge in [-0.15, -0.1) is 13.2 Å². The molecule has 1 aromatic carbocycles. The minimum Gasteiger partial charge on any atom is -0.336 e. The Labute approximate surface area is 191 Å². The van der Waals surface area contributed by atoms with Crippen LogP contribution in [0.2, 0.25) is 5.02 Å². The van der Waals surface area contributed by atoms with Crippen LogP contribution >= 0.6 is 11.6 Å². The molecule has 0 unspecified atom stereocenters. The Morgan fingerprint density at radius 3 is 2.72 bits per heavy atom. The van der Waals surface area contributed by atoms with Crippen molar-refractivity contribution in [3.63, 3.8) is 0 Å². The number of hydrogen-bond acceptors (Lipinski definition) is 6. The van der Waals surface area contributed by atoms with Crippen LogP contribution in [0.4, 0.5) is 0 Å². The van der Waals surface area contributed by atoms with E-state index in [4.69, 9.17) is 16.1 Å². The van der Waals surface area contributed by atoms with E-state index in [2.05, 4.69) is 33.2 Å². The average Bonchev–Trinajstić information content (AvgIpc) is 3.39. The first-order valence-corrected chi connectivity index (χ1v) is 10.8. The number of fused-ring (bicyclic) bond motifs is 3. The smallest absolute Gasteiger partial charge is 0.278 e. The molecule has 0 atom stereocenters. The lowest BCUT2D eigenvalue weighted by Gasteiger charge is -2.18. The summed E-state index contributed by atoms with van der Waals surface area (Å²) >= 11 is 6.35. The highest BCUT2D eigenvalue weighted by molar-refractivity contribution is 6.34. The summed E-state index contributed by atoms with van der Waals surface area (Å²) in [5.41, 5.74) is 2.47. The molecule has 3 aromatic rings. The maximum atomic E-state index is 12.9. The van der Waals surface area contributed by atoms with Gasteiger partial charge in [-0.25, -0.2) is 4.98 Å². The Hall–Kier alpha value is -3.23. The standard InChI is InChI=1S/C23H25ClN6O2/c1-4-6-11-29(12-7-5-2)14-19-26-22(32-27-19)21-18-13-28(3)23(31)20-16(24)9-8-10-17(20)30(18)15-25-21/h4-5,8-10,15H,1-2,6-7,11-14H2,3H3. The third kappa shape index (κ3) is 4.24. The van der Waals surface area contributed by atoms with Crippen molar-refractivity contribution in [3.05, 3.63) is 71.9 Å². The summed E-state index contributed by atoms with van der Waals surface area (Å²) in [5, 5.41) is 4.57. The quantitative estimate of drug-likeness (QED) is 0.454. The zero-order valence-electron chi connectivity index (χ0n) is 18.0. The minimum atomic E-state index is -0.147. The van der Waals surface area contributed by atoms with Gasteiger partial charge in [0.2, 0.25) is 0 Å². The zero-order chi connectivity index (χ0) is 22.7. The van der Waals surface area contributed by atoms with Crippen molar-refractivity contribution in [1.29, 1.82) is 0 Å². The van der Waals surface area contributed by atoms with Gasteiger partial charge < -0.3 is 9.42 Å². The van der Waals surface area contributed by atoms with Gasteiger partial charge >= 0.3 is 0 Å². The molecular formula is C23H25ClN6O2. The SMILES string of the molecule is C=CCCN(CCC=C)Cc1noc(-c2ncn3c2CN(C)C(=O)c2c(Cl)cccc2-3)n1. The highest BCUT2D eigenvalue weighted by Gasteiger charge is 2.30. The maximum Gasteiger partial charge on any atom is 0.278 e. The van der Waals surface area contributed by atoms with E-state index in [1.54, 1.807) is 24.3 Å². The van der Waals surface area contributed by atoms with Gasteiger partial charge in [-0.1, -0.05) is 35.0 Å². The van der Waals surface area contributed by atoms with Crippen LogP contribution in [0.5, 0.6) is 0 Å². The summed E-state index contributed by atoms with van der Waals surface area (Å²) in [6, 6.07) is 5.38. The van der Waals surface area contributed by atoms with Crippen molar-refractivity contribution >= 4 is 17.5 Å². The first-order chi connectivity index (χ1) is 15.5. The van der Waals surface area contributed by atoms with Crippen molar-refractivity contribution in [1.82, 2.24) is 29.5 Å². The lowest BCUT2D eigenvalue weighted by molar-refractivity contribution is 0.0788. The van der Waals surface area contributed by atoms with Gasteiger partial charge in [0.25, 0.3) is 11.8 Å². The van der Waals surface area contributed by atoms with E-state index >= 15 is 0 Å². The number of aromatic nitrogens is 4. The van der Waals surface area contributed by atoms with Crippen LogP contribution in [0, 0.1) is 0 Å². The number of hydrogen-bond donors (Lipinski definition) is 0. The zero-order valence-corrected chi connectivity index (χ0v) is 18.8. The van der Waals surface area contributed by atoms with Crippen molar-refractivity contribution < 1.29 is 9.32 Å². The molecule has 8 nitrogen and oxygen atoms in total. The van der Waals surface area contributed by atoms with E-state index in [0.717, 1.165) is 31.6 Å². The number of rotatable bonds is 9. The van der Waals surface area contributed by atoms with Gasteiger partial charge in [-0.3, -0.25) is 14.3 Å². The molecular weight excluding hydrogens is 428 g/mol. The van der Waals surface area contributed by atoms with Crippen LogP contribution in [-0.2, 0) is 13.1 Å². The lowest BCUT2D eigenvalue weighted by atomic mass is 10.1. The Balaban J connectivity index is 1.65. The highest BCUT2D eigenvalue weighted by atomic mass is 35.5. The lowest BCUT2D eigenvalue weighted by Crippen LogP contribution is -2.25. The second-order valence-electron chi connectivity index (χ2n) is 7.65. The Morgan fingerprint density at radius 2 is 2.00 bits per heavy atom. The predicted octanol–water partition coefficient (Wildman–Crippen LogP) is 4.12. The third-order valence-corrected chi connectivity index (χ3v) is 5.71. The van der Waals surface area contributed by atoms with E-state index < -0.39 is 0 Å². The molecule has 1 amide bonds. The molecule has 9 heteroatoms. The summed E-state index contributed by atoms with van der Waals surface area (Å²) in [7, 11) is 1.73. The fourth-order valence-electron chi connectivity index (χ4n) is 3.76. The van der Waals surface area contributed by atoms with Crippen LogP contribution in [0.1, 0.15) is 34.7 Å². The van der Waals surface area contributed by atoms with Crippen molar-refractivity contribution in [2.75, 3.05) is 20.1 Å². The molecule has 1 aliphatic rings. The topological polar surface area (TPSA) is 80.3 Å². The molecule has 4 rings (SSSR count). The van der Waals surface area contributed by atoms with Crippen LogP contribution in [-0.4, -0.2) is 55.5 Å². The van der Waals surface area contributed by atoms with Crippen LogP contribution in [0.3, 0.4) is 0 Å². The maximum absolute atomic E-state index is 12.9. The predicted molar refractivity (Wildman–Crippen MR) is 123 cm³/mol. The molecule has 0 saturated heterocycles. The highest BCUT2D eigenvalue weighted by Crippen LogP contribution is 2.32. The normalized spacial score (nSPS) is 13.1. The molecule has 2 aromatic heterocycles. The summed E-state index contributed by atoms with van der Waals surface area (Å²) in [4.78, 5) is 25.9. The molecule has 0 N–H and O–H groups in total. The minimum absolute atomic E-state index is 0.147. The van der Waals surface area contributed by atoms with Gasteiger partial charge in [-0.05, 0) is 25.0 Å². The molecule has 1 aliphatic heterocycles. The first-order valence-electron chi connectivity index (χ1n) is 10.4. The summed E-state index contributed by atoms with van der Waals surface area (Å²) in [5.74, 6) is 0.760. The van der Waals surface area contributed by atoms with E-state index in [9.17, 15) is 4.79 Å². The van der Waals surface area contributed by atoms with Crippen molar-refractivity contribution in [2.24, 2.45) is 0 Å². The van der Waals surface area contributed by atoms with E-state index in [1.165, 1.54) is 0 Å². The van der Waals surface area contributed by atoms with Crippen LogP contribution < -0.4 is 0 Å². The van der Waals surface area contributed by atoms with Gasteiger partial charge in [0, 0.05) is 20.1 Å². The number of nitrogens with zero attached hydrogens (tertiary/aromatic N) is 6. The number of amides is 1. The molecule has 3 heterocycles. The number of benzene rings is 1. The Kier molecular flexibility index (Phi) is 6.53. The number of imidazole rings is 1. The monoisotopic (exact) mass is 452 g/mol. The van der Waals surface area contributed by atoms with Gasteiger partial charge in [0.1, 0.15) is 6.33 Å². The number of carbonyl (C=O) groups excluding carboxylic acids is 1. The van der Waals surface area contributed by atoms with E-state index in [-0.39, 0.29) is 5.91 Å². The second-order valence-corrected chi connectivity index (χ2v) is 8.06. The summed E-state index contributed by atoms with van der Waals surface area (Å²) in [6.07, 6.45) is 7.20. The molecule has 0 bridgehead atoms. The number of halogens is 1. The second kappa shape index (κ2) is 9.50. The van der Waals surface area contributed by atoms with Crippen molar-refractivity contribution in [2.45, 2.75) is 25.9 Å². The molecule has 32 heavy (non-hydrogen) atoms. The Bertz CT molecular complexity index is 1140. The van der Waals surface area contributed by atoms with Gasteiger partial charge in [-0.2, -0.15) is 4.98 Å². The molecule has 0 saturated carbocycles. The number of carbonyl (C=O) groups is 1. The molecule has 0 aliphatic carbocycles. The fourth-order valence-corrected chi connectivity index (χ4v) is 4.01. The molecule has 0 fully saturated rings. The van der Waals surface area contributed by atoms with Crippen molar-refractivity contribution in [3.8, 4) is 17.3 Å². The summed E-state index contributed by atoms with van der Waals surface area (Å²) < 4.78 is 7.43. The largest absolute Gasteiger partial charge is 0.336 e. The fraction of sp³-hybridized carbons (Fsp3) is 0.304. The van der Waals surface area contributed by atoms with Crippen LogP contribution in [0.25, 0.3) is 17.3 Å². The first kappa shape index (κ1) is 22.0. The summed E-state index contributed by atoms with van der Waals surface area (Å²) in [6.45, 7) is 10.2. The average molecular weight is 453 g/mol. The van der Waals surface area contributed by atoms with Crippen LogP contribution in [0.15, 0.2) is 54.4 Å². The van der Waals surface area contributed by atoms with Gasteiger partial charge in [0.15, 0.2) is 11.5 Å².